The number of hydrogen-bond acceptors (Lipinski definition) is 4. The first-order valence-corrected chi connectivity index (χ1v) is 6.85. The van der Waals surface area contributed by atoms with Gasteiger partial charge in [-0.05, 0) is 18.4 Å². The van der Waals surface area contributed by atoms with Gasteiger partial charge in [0.05, 0.1) is 19.2 Å². The molecule has 20 heavy (non-hydrogen) atoms. The van der Waals surface area contributed by atoms with E-state index in [1.54, 1.807) is 20.3 Å². The monoisotopic (exact) mass is 294 g/mol. The molecular formula is C15H19ClN2O2. The lowest BCUT2D eigenvalue weighted by molar-refractivity contribution is 0.397. The van der Waals surface area contributed by atoms with Gasteiger partial charge in [0, 0.05) is 22.8 Å². The molecule has 0 aliphatic heterocycles. The van der Waals surface area contributed by atoms with Gasteiger partial charge in [0.2, 0.25) is 0 Å². The maximum Gasteiger partial charge on any atom is 0.148 e. The van der Waals surface area contributed by atoms with Gasteiger partial charge < -0.3 is 15.2 Å². The molecule has 0 fully saturated rings. The number of pyridine rings is 1. The van der Waals surface area contributed by atoms with Gasteiger partial charge in [0.25, 0.3) is 0 Å². The molecule has 0 unspecified atom stereocenters. The molecule has 0 aliphatic rings. The number of rotatable bonds is 4. The van der Waals surface area contributed by atoms with Crippen molar-refractivity contribution in [3.8, 4) is 11.5 Å². The Kier molecular flexibility index (Phi) is 4.23. The Morgan fingerprint density at radius 1 is 1.20 bits per heavy atom. The van der Waals surface area contributed by atoms with E-state index in [0.717, 1.165) is 12.1 Å². The minimum absolute atomic E-state index is 0.462. The Labute approximate surface area is 123 Å². The third-order valence-electron chi connectivity index (χ3n) is 3.09. The molecule has 0 bridgehead atoms. The van der Waals surface area contributed by atoms with Gasteiger partial charge in [0.1, 0.15) is 17.0 Å². The summed E-state index contributed by atoms with van der Waals surface area (Å²) in [5.74, 6) is 1.64. The number of benzene rings is 1. The Balaban J connectivity index is 2.75. The highest BCUT2D eigenvalue weighted by atomic mass is 35.5. The Morgan fingerprint density at radius 2 is 1.85 bits per heavy atom. The molecule has 0 atom stereocenters. The van der Waals surface area contributed by atoms with E-state index in [4.69, 9.17) is 26.8 Å². The zero-order valence-corrected chi connectivity index (χ0v) is 12.9. The fraction of sp³-hybridized carbons (Fsp3) is 0.400. The van der Waals surface area contributed by atoms with E-state index in [1.807, 2.05) is 6.07 Å². The van der Waals surface area contributed by atoms with Crippen molar-refractivity contribution in [2.24, 2.45) is 5.92 Å². The lowest BCUT2D eigenvalue weighted by Gasteiger charge is -2.14. The fourth-order valence-electron chi connectivity index (χ4n) is 2.23. The van der Waals surface area contributed by atoms with Gasteiger partial charge in [-0.15, -0.1) is 0 Å². The largest absolute Gasteiger partial charge is 0.495 e. The molecule has 2 rings (SSSR count). The van der Waals surface area contributed by atoms with E-state index in [9.17, 15) is 0 Å². The van der Waals surface area contributed by atoms with Crippen LogP contribution in [0.15, 0.2) is 12.1 Å². The maximum atomic E-state index is 6.33. The molecule has 0 spiro atoms. The molecule has 0 amide bonds. The quantitative estimate of drug-likeness (QED) is 0.934. The van der Waals surface area contributed by atoms with Crippen molar-refractivity contribution in [2.75, 3.05) is 20.0 Å². The molecule has 1 aromatic carbocycles. The summed E-state index contributed by atoms with van der Waals surface area (Å²) in [6, 6.07) is 3.60. The molecule has 0 saturated carbocycles. The van der Waals surface area contributed by atoms with E-state index in [1.165, 1.54) is 0 Å². The smallest absolute Gasteiger partial charge is 0.148 e. The standard InChI is InChI=1S/C15H19ClN2O2/c1-8(2)5-9-6-10(17)13-14(16)11(19-3)7-12(20-4)15(13)18-9/h6-8H,5H2,1-4H3,(H2,17,18). The number of nitrogens with two attached hydrogens (primary N) is 1. The second-order valence-electron chi connectivity index (χ2n) is 5.12. The van der Waals surface area contributed by atoms with E-state index in [-0.39, 0.29) is 0 Å². The second kappa shape index (κ2) is 5.75. The van der Waals surface area contributed by atoms with Crippen LogP contribution in [0.25, 0.3) is 10.9 Å². The van der Waals surface area contributed by atoms with Crippen LogP contribution in [0.3, 0.4) is 0 Å². The lowest BCUT2D eigenvalue weighted by Crippen LogP contribution is -2.02. The molecule has 2 aromatic rings. The number of nitrogens with zero attached hydrogens (tertiary/aromatic N) is 1. The van der Waals surface area contributed by atoms with E-state index in [2.05, 4.69) is 18.8 Å². The van der Waals surface area contributed by atoms with Crippen LogP contribution in [0.5, 0.6) is 11.5 Å². The molecular weight excluding hydrogens is 276 g/mol. The molecule has 4 nitrogen and oxygen atoms in total. The lowest BCUT2D eigenvalue weighted by atomic mass is 10.0. The molecule has 5 heteroatoms. The van der Waals surface area contributed by atoms with Gasteiger partial charge >= 0.3 is 0 Å². The number of anilines is 1. The number of hydrogen-bond donors (Lipinski definition) is 1. The third-order valence-corrected chi connectivity index (χ3v) is 3.47. The summed E-state index contributed by atoms with van der Waals surface area (Å²) in [6.07, 6.45) is 0.854. The van der Waals surface area contributed by atoms with Gasteiger partial charge in [-0.3, -0.25) is 0 Å². The van der Waals surface area contributed by atoms with Crippen LogP contribution in [0.1, 0.15) is 19.5 Å². The summed E-state index contributed by atoms with van der Waals surface area (Å²) in [6.45, 7) is 4.28. The zero-order chi connectivity index (χ0) is 14.9. The van der Waals surface area contributed by atoms with Crippen LogP contribution in [0, 0.1) is 5.92 Å². The van der Waals surface area contributed by atoms with Gasteiger partial charge in [-0.2, -0.15) is 0 Å². The van der Waals surface area contributed by atoms with Crippen molar-refractivity contribution in [1.29, 1.82) is 0 Å². The Morgan fingerprint density at radius 3 is 2.40 bits per heavy atom. The van der Waals surface area contributed by atoms with Gasteiger partial charge in [-0.1, -0.05) is 25.4 Å². The summed E-state index contributed by atoms with van der Waals surface area (Å²) in [5, 5.41) is 1.14. The summed E-state index contributed by atoms with van der Waals surface area (Å²) in [7, 11) is 3.15. The number of halogens is 1. The summed E-state index contributed by atoms with van der Waals surface area (Å²) in [5.41, 5.74) is 8.35. The number of aromatic nitrogens is 1. The first kappa shape index (κ1) is 14.7. The number of methoxy groups -OCH3 is 2. The van der Waals surface area contributed by atoms with Crippen LogP contribution < -0.4 is 15.2 Å². The number of ether oxygens (including phenoxy) is 2. The van der Waals surface area contributed by atoms with Crippen molar-refractivity contribution in [3.05, 3.63) is 22.8 Å². The molecule has 108 valence electrons. The zero-order valence-electron chi connectivity index (χ0n) is 12.2. The van der Waals surface area contributed by atoms with Crippen LogP contribution in [0.4, 0.5) is 5.69 Å². The van der Waals surface area contributed by atoms with Crippen molar-refractivity contribution < 1.29 is 9.47 Å². The van der Waals surface area contributed by atoms with E-state index < -0.39 is 0 Å². The second-order valence-corrected chi connectivity index (χ2v) is 5.50. The van der Waals surface area contributed by atoms with Crippen LogP contribution in [-0.4, -0.2) is 19.2 Å². The summed E-state index contributed by atoms with van der Waals surface area (Å²) < 4.78 is 10.6. The average molecular weight is 295 g/mol. The van der Waals surface area contributed by atoms with Crippen LogP contribution in [0.2, 0.25) is 5.02 Å². The van der Waals surface area contributed by atoms with E-state index >= 15 is 0 Å². The molecule has 0 aliphatic carbocycles. The predicted molar refractivity (Wildman–Crippen MR) is 82.8 cm³/mol. The first-order valence-electron chi connectivity index (χ1n) is 6.47. The Hall–Kier alpha value is -1.68. The SMILES string of the molecule is COc1cc(OC)c2nc(CC(C)C)cc(N)c2c1Cl. The summed E-state index contributed by atoms with van der Waals surface area (Å²) >= 11 is 6.33. The third kappa shape index (κ3) is 2.61. The van der Waals surface area contributed by atoms with Crippen molar-refractivity contribution in [1.82, 2.24) is 4.98 Å². The van der Waals surface area contributed by atoms with Crippen LogP contribution in [-0.2, 0) is 6.42 Å². The predicted octanol–water partition coefficient (Wildman–Crippen LogP) is 3.69. The molecule has 0 saturated heterocycles. The number of fused-ring (bicyclic) bond motifs is 1. The van der Waals surface area contributed by atoms with Crippen molar-refractivity contribution >= 4 is 28.2 Å². The summed E-state index contributed by atoms with van der Waals surface area (Å²) in [4.78, 5) is 4.64. The fourth-order valence-corrected chi connectivity index (χ4v) is 2.56. The number of nitrogen functional groups attached to an aromatic ring is 1. The van der Waals surface area contributed by atoms with Gasteiger partial charge in [-0.25, -0.2) is 4.98 Å². The van der Waals surface area contributed by atoms with Crippen molar-refractivity contribution in [2.45, 2.75) is 20.3 Å². The highest BCUT2D eigenvalue weighted by Crippen LogP contribution is 2.41. The molecule has 0 radical (unpaired) electrons. The van der Waals surface area contributed by atoms with E-state index in [0.29, 0.717) is 39.0 Å². The normalized spacial score (nSPS) is 11.1. The molecule has 1 heterocycles. The van der Waals surface area contributed by atoms with Gasteiger partial charge in [0.15, 0.2) is 0 Å². The minimum Gasteiger partial charge on any atom is -0.495 e. The molecule has 2 N–H and O–H groups in total. The topological polar surface area (TPSA) is 57.4 Å². The average Bonchev–Trinajstić information content (AvgIpc) is 2.38. The Bertz CT molecular complexity index is 642. The molecule has 1 aromatic heterocycles. The minimum atomic E-state index is 0.462. The van der Waals surface area contributed by atoms with Crippen LogP contribution >= 0.6 is 11.6 Å². The maximum absolute atomic E-state index is 6.33. The first-order chi connectivity index (χ1) is 9.47. The highest BCUT2D eigenvalue weighted by molar-refractivity contribution is 6.38. The van der Waals surface area contributed by atoms with Crippen molar-refractivity contribution in [3.63, 3.8) is 0 Å². The highest BCUT2D eigenvalue weighted by Gasteiger charge is 2.17.